The summed E-state index contributed by atoms with van der Waals surface area (Å²) in [5, 5.41) is 12.8. The lowest BCUT2D eigenvalue weighted by Crippen LogP contribution is -2.44. The van der Waals surface area contributed by atoms with Crippen LogP contribution in [0, 0.1) is 11.8 Å². The molecule has 2 N–H and O–H groups in total. The summed E-state index contributed by atoms with van der Waals surface area (Å²) in [5.41, 5.74) is -0.803. The van der Waals surface area contributed by atoms with E-state index in [9.17, 15) is 9.90 Å². The quantitative estimate of drug-likeness (QED) is 0.750. The van der Waals surface area contributed by atoms with E-state index in [0.29, 0.717) is 13.0 Å². The fourth-order valence-corrected chi connectivity index (χ4v) is 2.20. The Kier molecular flexibility index (Phi) is 5.44. The Morgan fingerprint density at radius 3 is 2.53 bits per heavy atom. The van der Waals surface area contributed by atoms with Crippen LogP contribution in [-0.4, -0.2) is 23.2 Å². The summed E-state index contributed by atoms with van der Waals surface area (Å²) in [4.78, 5) is 11.6. The highest BCUT2D eigenvalue weighted by Crippen LogP contribution is 2.28. The van der Waals surface area contributed by atoms with Gasteiger partial charge in [0.1, 0.15) is 0 Å². The molecule has 3 nitrogen and oxygen atoms in total. The maximum Gasteiger partial charge on any atom is 0.220 e. The Hall–Kier alpha value is -0.570. The first-order valence-electron chi connectivity index (χ1n) is 6.91. The molecule has 1 atom stereocenters. The van der Waals surface area contributed by atoms with Crippen molar-refractivity contribution in [1.29, 1.82) is 0 Å². The first-order valence-corrected chi connectivity index (χ1v) is 6.91. The summed E-state index contributed by atoms with van der Waals surface area (Å²) in [6.07, 6.45) is 6.85. The molecule has 1 fully saturated rings. The second-order valence-electron chi connectivity index (χ2n) is 5.98. The molecule has 1 rings (SSSR count). The molecule has 100 valence electrons. The van der Waals surface area contributed by atoms with Crippen LogP contribution in [0.5, 0.6) is 0 Å². The molecule has 1 amide bonds. The number of hydrogen-bond acceptors (Lipinski definition) is 2. The Morgan fingerprint density at radius 2 is 2.00 bits per heavy atom. The predicted molar refractivity (Wildman–Crippen MR) is 69.7 cm³/mol. The number of rotatable bonds is 6. The number of carbonyl (C=O) groups excluding carboxylic acids is 1. The first kappa shape index (κ1) is 14.5. The first-order chi connectivity index (χ1) is 7.92. The summed E-state index contributed by atoms with van der Waals surface area (Å²) in [7, 11) is 0. The van der Waals surface area contributed by atoms with Gasteiger partial charge in [0.05, 0.1) is 5.60 Å². The smallest absolute Gasteiger partial charge is 0.220 e. The molecule has 1 saturated carbocycles. The molecule has 0 aromatic rings. The Bertz CT molecular complexity index is 243. The fourth-order valence-electron chi connectivity index (χ4n) is 2.20. The molecular formula is C14H27NO2. The molecule has 0 heterocycles. The van der Waals surface area contributed by atoms with Crippen molar-refractivity contribution < 1.29 is 9.90 Å². The zero-order chi connectivity index (χ0) is 12.9. The topological polar surface area (TPSA) is 49.3 Å². The SMILES string of the molecule is CC(C)C(C)(O)CNC(=O)CCC1CCCC1. The number of nitrogens with one attached hydrogen (secondary N) is 1. The van der Waals surface area contributed by atoms with E-state index in [4.69, 9.17) is 0 Å². The Labute approximate surface area is 105 Å². The van der Waals surface area contributed by atoms with Crippen molar-refractivity contribution in [2.24, 2.45) is 11.8 Å². The van der Waals surface area contributed by atoms with Crippen LogP contribution in [0.25, 0.3) is 0 Å². The zero-order valence-electron chi connectivity index (χ0n) is 11.5. The average molecular weight is 241 g/mol. The zero-order valence-corrected chi connectivity index (χ0v) is 11.5. The van der Waals surface area contributed by atoms with Crippen LogP contribution in [0.3, 0.4) is 0 Å². The lowest BCUT2D eigenvalue weighted by Gasteiger charge is -2.27. The van der Waals surface area contributed by atoms with Gasteiger partial charge in [-0.3, -0.25) is 4.79 Å². The maximum absolute atomic E-state index is 11.6. The van der Waals surface area contributed by atoms with E-state index in [1.165, 1.54) is 25.7 Å². The van der Waals surface area contributed by atoms with Crippen LogP contribution in [0.4, 0.5) is 0 Å². The summed E-state index contributed by atoms with van der Waals surface area (Å²) in [5.74, 6) is 0.988. The molecule has 0 bridgehead atoms. The van der Waals surface area contributed by atoms with Crippen molar-refractivity contribution in [1.82, 2.24) is 5.32 Å². The minimum Gasteiger partial charge on any atom is -0.388 e. The monoisotopic (exact) mass is 241 g/mol. The molecule has 0 aromatic carbocycles. The van der Waals surface area contributed by atoms with Gasteiger partial charge in [-0.2, -0.15) is 0 Å². The highest BCUT2D eigenvalue weighted by Gasteiger charge is 2.25. The van der Waals surface area contributed by atoms with Gasteiger partial charge in [0, 0.05) is 13.0 Å². The van der Waals surface area contributed by atoms with Crippen LogP contribution in [0.2, 0.25) is 0 Å². The Balaban J connectivity index is 2.16. The van der Waals surface area contributed by atoms with E-state index in [-0.39, 0.29) is 11.8 Å². The van der Waals surface area contributed by atoms with Crippen molar-refractivity contribution in [3.05, 3.63) is 0 Å². The Morgan fingerprint density at radius 1 is 1.41 bits per heavy atom. The molecule has 3 heteroatoms. The van der Waals surface area contributed by atoms with Gasteiger partial charge in [0.2, 0.25) is 5.91 Å². The summed E-state index contributed by atoms with van der Waals surface area (Å²) >= 11 is 0. The normalized spacial score (nSPS) is 20.5. The van der Waals surface area contributed by atoms with Crippen LogP contribution in [-0.2, 0) is 4.79 Å². The molecule has 1 aliphatic carbocycles. The van der Waals surface area contributed by atoms with Crippen LogP contribution < -0.4 is 5.32 Å². The van der Waals surface area contributed by atoms with E-state index in [0.717, 1.165) is 12.3 Å². The number of aliphatic hydroxyl groups is 1. The second kappa shape index (κ2) is 6.39. The molecule has 0 spiro atoms. The van der Waals surface area contributed by atoms with Crippen molar-refractivity contribution >= 4 is 5.91 Å². The van der Waals surface area contributed by atoms with Gasteiger partial charge in [0.25, 0.3) is 0 Å². The van der Waals surface area contributed by atoms with Gasteiger partial charge in [-0.05, 0) is 25.2 Å². The van der Waals surface area contributed by atoms with E-state index < -0.39 is 5.60 Å². The van der Waals surface area contributed by atoms with Crippen molar-refractivity contribution in [2.45, 2.75) is 64.9 Å². The third-order valence-corrected chi connectivity index (χ3v) is 4.14. The van der Waals surface area contributed by atoms with Gasteiger partial charge >= 0.3 is 0 Å². The maximum atomic E-state index is 11.6. The fraction of sp³-hybridized carbons (Fsp3) is 0.929. The predicted octanol–water partition coefficient (Wildman–Crippen LogP) is 2.48. The van der Waals surface area contributed by atoms with Gasteiger partial charge in [-0.25, -0.2) is 0 Å². The van der Waals surface area contributed by atoms with E-state index >= 15 is 0 Å². The molecule has 0 aromatic heterocycles. The molecule has 0 aliphatic heterocycles. The molecular weight excluding hydrogens is 214 g/mol. The minimum atomic E-state index is -0.803. The highest BCUT2D eigenvalue weighted by molar-refractivity contribution is 5.75. The third-order valence-electron chi connectivity index (χ3n) is 4.14. The largest absolute Gasteiger partial charge is 0.388 e. The summed E-state index contributed by atoms with van der Waals surface area (Å²) in [6, 6.07) is 0. The molecule has 0 radical (unpaired) electrons. The number of hydrogen-bond donors (Lipinski definition) is 2. The van der Waals surface area contributed by atoms with Gasteiger partial charge in [-0.15, -0.1) is 0 Å². The lowest BCUT2D eigenvalue weighted by atomic mass is 9.92. The van der Waals surface area contributed by atoms with E-state index in [2.05, 4.69) is 5.32 Å². The second-order valence-corrected chi connectivity index (χ2v) is 5.98. The average Bonchev–Trinajstić information content (AvgIpc) is 2.76. The van der Waals surface area contributed by atoms with Crippen LogP contribution >= 0.6 is 0 Å². The highest BCUT2D eigenvalue weighted by atomic mass is 16.3. The van der Waals surface area contributed by atoms with Crippen molar-refractivity contribution in [3.63, 3.8) is 0 Å². The van der Waals surface area contributed by atoms with Gasteiger partial charge in [0.15, 0.2) is 0 Å². The summed E-state index contributed by atoms with van der Waals surface area (Å²) in [6.45, 7) is 6.05. The standard InChI is InChI=1S/C14H27NO2/c1-11(2)14(3,17)10-15-13(16)9-8-12-6-4-5-7-12/h11-12,17H,4-10H2,1-3H3,(H,15,16). The molecule has 1 aliphatic rings. The summed E-state index contributed by atoms with van der Waals surface area (Å²) < 4.78 is 0. The molecule has 17 heavy (non-hydrogen) atoms. The van der Waals surface area contributed by atoms with Crippen LogP contribution in [0.1, 0.15) is 59.3 Å². The number of carbonyl (C=O) groups is 1. The van der Waals surface area contributed by atoms with Gasteiger partial charge in [-0.1, -0.05) is 39.5 Å². The minimum absolute atomic E-state index is 0.0813. The van der Waals surface area contributed by atoms with Crippen molar-refractivity contribution in [3.8, 4) is 0 Å². The number of amides is 1. The molecule has 1 unspecified atom stereocenters. The van der Waals surface area contributed by atoms with Gasteiger partial charge < -0.3 is 10.4 Å². The molecule has 0 saturated heterocycles. The lowest BCUT2D eigenvalue weighted by molar-refractivity contribution is -0.122. The third kappa shape index (κ3) is 5.07. The van der Waals surface area contributed by atoms with E-state index in [1.807, 2.05) is 13.8 Å². The van der Waals surface area contributed by atoms with Crippen molar-refractivity contribution in [2.75, 3.05) is 6.54 Å². The van der Waals surface area contributed by atoms with E-state index in [1.54, 1.807) is 6.92 Å². The van der Waals surface area contributed by atoms with Crippen LogP contribution in [0.15, 0.2) is 0 Å².